The average Bonchev–Trinajstić information content (AvgIpc) is 2.62. The van der Waals surface area contributed by atoms with Crippen LogP contribution >= 0.6 is 0 Å². The number of hydrogen-bond acceptors (Lipinski definition) is 4. The van der Waals surface area contributed by atoms with Crippen molar-refractivity contribution in [3.05, 3.63) is 53.5 Å². The number of aryl methyl sites for hydroxylation is 1. The van der Waals surface area contributed by atoms with E-state index in [1.165, 1.54) is 17.5 Å². The van der Waals surface area contributed by atoms with Gasteiger partial charge in [0, 0.05) is 19.6 Å². The summed E-state index contributed by atoms with van der Waals surface area (Å²) in [5.41, 5.74) is 2.89. The van der Waals surface area contributed by atoms with Crippen LogP contribution in [-0.2, 0) is 6.54 Å². The molecule has 1 saturated heterocycles. The van der Waals surface area contributed by atoms with Gasteiger partial charge in [0.2, 0.25) is 0 Å². The summed E-state index contributed by atoms with van der Waals surface area (Å²) in [6, 6.07) is 8.23. The van der Waals surface area contributed by atoms with Crippen molar-refractivity contribution in [1.82, 2.24) is 14.9 Å². The molecule has 5 nitrogen and oxygen atoms in total. The van der Waals surface area contributed by atoms with E-state index in [0.717, 1.165) is 25.9 Å². The molecule has 0 spiro atoms. The zero-order chi connectivity index (χ0) is 16.1. The summed E-state index contributed by atoms with van der Waals surface area (Å²) in [4.78, 5) is 22.8. The van der Waals surface area contributed by atoms with E-state index in [2.05, 4.69) is 34.3 Å². The summed E-state index contributed by atoms with van der Waals surface area (Å²) in [5, 5.41) is 3.25. The van der Waals surface area contributed by atoms with Crippen molar-refractivity contribution in [2.24, 2.45) is 0 Å². The van der Waals surface area contributed by atoms with E-state index in [-0.39, 0.29) is 5.91 Å². The van der Waals surface area contributed by atoms with Crippen LogP contribution in [0.15, 0.2) is 36.7 Å². The van der Waals surface area contributed by atoms with E-state index in [9.17, 15) is 4.79 Å². The molecule has 1 aliphatic heterocycles. The lowest BCUT2D eigenvalue weighted by Gasteiger charge is -2.26. The number of rotatable bonds is 4. The minimum Gasteiger partial charge on any atom is -0.365 e. The molecule has 2 heterocycles. The number of likely N-dealkylation sites (tertiary alicyclic amines) is 1. The summed E-state index contributed by atoms with van der Waals surface area (Å²) >= 11 is 0. The molecule has 1 aliphatic rings. The molecule has 1 N–H and O–H groups in total. The molecule has 3 rings (SSSR count). The molecule has 0 radical (unpaired) electrons. The maximum atomic E-state index is 12.3. The highest BCUT2D eigenvalue weighted by Crippen LogP contribution is 2.13. The van der Waals surface area contributed by atoms with Crippen molar-refractivity contribution in [3.8, 4) is 0 Å². The van der Waals surface area contributed by atoms with Gasteiger partial charge in [0.05, 0.1) is 12.4 Å². The van der Waals surface area contributed by atoms with Gasteiger partial charge in [0.25, 0.3) is 5.91 Å². The Balaban J connectivity index is 1.60. The quantitative estimate of drug-likeness (QED) is 0.943. The molecule has 5 heteroatoms. The van der Waals surface area contributed by atoms with Crippen LogP contribution in [0.4, 0.5) is 5.82 Å². The molecule has 2 aromatic rings. The molecular formula is C18H22N4O. The Labute approximate surface area is 136 Å². The van der Waals surface area contributed by atoms with Crippen molar-refractivity contribution in [1.29, 1.82) is 0 Å². The molecule has 0 saturated carbocycles. The number of benzene rings is 1. The Morgan fingerprint density at radius 2 is 1.91 bits per heavy atom. The molecule has 0 aliphatic carbocycles. The smallest absolute Gasteiger partial charge is 0.274 e. The van der Waals surface area contributed by atoms with Crippen LogP contribution < -0.4 is 5.32 Å². The van der Waals surface area contributed by atoms with Gasteiger partial charge in [-0.3, -0.25) is 4.79 Å². The number of piperidine rings is 1. The number of hydrogen-bond donors (Lipinski definition) is 1. The SMILES string of the molecule is Cc1ccccc1CNc1cnc(C(=O)N2CCCCC2)cn1. The molecule has 23 heavy (non-hydrogen) atoms. The van der Waals surface area contributed by atoms with Crippen LogP contribution in [0.25, 0.3) is 0 Å². The first kappa shape index (κ1) is 15.5. The maximum Gasteiger partial charge on any atom is 0.274 e. The van der Waals surface area contributed by atoms with E-state index in [4.69, 9.17) is 0 Å². The van der Waals surface area contributed by atoms with E-state index in [1.807, 2.05) is 17.0 Å². The first-order chi connectivity index (χ1) is 11.2. The summed E-state index contributed by atoms with van der Waals surface area (Å²) < 4.78 is 0. The summed E-state index contributed by atoms with van der Waals surface area (Å²) in [6.45, 7) is 4.44. The number of carbonyl (C=O) groups is 1. The van der Waals surface area contributed by atoms with Crippen molar-refractivity contribution in [2.45, 2.75) is 32.7 Å². The minimum absolute atomic E-state index is 0.0114. The van der Waals surface area contributed by atoms with Crippen LogP contribution in [0.5, 0.6) is 0 Å². The van der Waals surface area contributed by atoms with Gasteiger partial charge < -0.3 is 10.2 Å². The Bertz CT molecular complexity index is 663. The van der Waals surface area contributed by atoms with Crippen molar-refractivity contribution in [3.63, 3.8) is 0 Å². The van der Waals surface area contributed by atoms with Crippen LogP contribution in [0.3, 0.4) is 0 Å². The van der Waals surface area contributed by atoms with Crippen LogP contribution in [0, 0.1) is 6.92 Å². The third kappa shape index (κ3) is 3.86. The average molecular weight is 310 g/mol. The number of amides is 1. The Morgan fingerprint density at radius 1 is 1.13 bits per heavy atom. The molecule has 0 atom stereocenters. The van der Waals surface area contributed by atoms with Crippen LogP contribution in [0.1, 0.15) is 40.9 Å². The molecule has 1 aromatic heterocycles. The lowest BCUT2D eigenvalue weighted by Crippen LogP contribution is -2.36. The molecule has 120 valence electrons. The van der Waals surface area contributed by atoms with Gasteiger partial charge in [0.1, 0.15) is 11.5 Å². The lowest BCUT2D eigenvalue weighted by atomic mass is 10.1. The monoisotopic (exact) mass is 310 g/mol. The third-order valence-electron chi connectivity index (χ3n) is 4.24. The van der Waals surface area contributed by atoms with Gasteiger partial charge in [-0.25, -0.2) is 9.97 Å². The predicted molar refractivity (Wildman–Crippen MR) is 90.3 cm³/mol. The summed E-state index contributed by atoms with van der Waals surface area (Å²) in [5.74, 6) is 0.672. The number of nitrogens with zero attached hydrogens (tertiary/aromatic N) is 3. The van der Waals surface area contributed by atoms with Crippen LogP contribution in [0.2, 0.25) is 0 Å². The number of nitrogens with one attached hydrogen (secondary N) is 1. The van der Waals surface area contributed by atoms with Crippen LogP contribution in [-0.4, -0.2) is 33.9 Å². The number of aromatic nitrogens is 2. The first-order valence-electron chi connectivity index (χ1n) is 8.14. The van der Waals surface area contributed by atoms with Gasteiger partial charge in [0.15, 0.2) is 0 Å². The van der Waals surface area contributed by atoms with Gasteiger partial charge in [-0.15, -0.1) is 0 Å². The largest absolute Gasteiger partial charge is 0.365 e. The zero-order valence-electron chi connectivity index (χ0n) is 13.5. The van der Waals surface area contributed by atoms with Crippen molar-refractivity contribution < 1.29 is 4.79 Å². The van der Waals surface area contributed by atoms with Crippen molar-refractivity contribution in [2.75, 3.05) is 18.4 Å². The Morgan fingerprint density at radius 3 is 2.61 bits per heavy atom. The van der Waals surface area contributed by atoms with Gasteiger partial charge in [-0.2, -0.15) is 0 Å². The highest BCUT2D eigenvalue weighted by Gasteiger charge is 2.19. The minimum atomic E-state index is -0.0114. The fourth-order valence-electron chi connectivity index (χ4n) is 2.78. The van der Waals surface area contributed by atoms with Gasteiger partial charge in [-0.1, -0.05) is 24.3 Å². The van der Waals surface area contributed by atoms with E-state index >= 15 is 0 Å². The molecule has 0 unspecified atom stereocenters. The number of anilines is 1. The fourth-order valence-corrected chi connectivity index (χ4v) is 2.78. The highest BCUT2D eigenvalue weighted by molar-refractivity contribution is 5.92. The van der Waals surface area contributed by atoms with Crippen molar-refractivity contribution >= 4 is 11.7 Å². The van der Waals surface area contributed by atoms with Gasteiger partial charge >= 0.3 is 0 Å². The molecular weight excluding hydrogens is 288 g/mol. The van der Waals surface area contributed by atoms with Gasteiger partial charge in [-0.05, 0) is 37.3 Å². The predicted octanol–water partition coefficient (Wildman–Crippen LogP) is 3.02. The maximum absolute atomic E-state index is 12.3. The van der Waals surface area contributed by atoms with E-state index < -0.39 is 0 Å². The second-order valence-corrected chi connectivity index (χ2v) is 5.92. The third-order valence-corrected chi connectivity index (χ3v) is 4.24. The summed E-state index contributed by atoms with van der Waals surface area (Å²) in [6.07, 6.45) is 6.56. The fraction of sp³-hybridized carbons (Fsp3) is 0.389. The second-order valence-electron chi connectivity index (χ2n) is 5.92. The first-order valence-corrected chi connectivity index (χ1v) is 8.14. The number of carbonyl (C=O) groups excluding carboxylic acids is 1. The highest BCUT2D eigenvalue weighted by atomic mass is 16.2. The summed E-state index contributed by atoms with van der Waals surface area (Å²) in [7, 11) is 0. The normalized spacial score (nSPS) is 14.6. The molecule has 1 fully saturated rings. The zero-order valence-corrected chi connectivity index (χ0v) is 13.5. The standard InChI is InChI=1S/C18H22N4O/c1-14-7-3-4-8-15(14)11-20-17-13-19-16(12-21-17)18(23)22-9-5-2-6-10-22/h3-4,7-8,12-13H,2,5-6,9-11H2,1H3,(H,20,21). The topological polar surface area (TPSA) is 58.1 Å². The lowest BCUT2D eigenvalue weighted by molar-refractivity contribution is 0.0718. The Hall–Kier alpha value is -2.43. The Kier molecular flexibility index (Phi) is 4.86. The molecule has 0 bridgehead atoms. The second kappa shape index (κ2) is 7.22. The molecule has 1 amide bonds. The van der Waals surface area contributed by atoms with E-state index in [1.54, 1.807) is 12.4 Å². The molecule has 1 aromatic carbocycles. The van der Waals surface area contributed by atoms with E-state index in [0.29, 0.717) is 18.1 Å².